The maximum atomic E-state index is 13.8. The number of nitrogens with zero attached hydrogens (tertiary/aromatic N) is 3. The highest BCUT2D eigenvalue weighted by Crippen LogP contribution is 2.56. The minimum atomic E-state index is -0.980. The van der Waals surface area contributed by atoms with Gasteiger partial charge in [0.1, 0.15) is 23.6 Å². The van der Waals surface area contributed by atoms with E-state index in [0.29, 0.717) is 55.9 Å². The molecule has 3 atom stereocenters. The number of hydrogen-bond acceptors (Lipinski definition) is 4. The number of halogens is 2. The predicted octanol–water partition coefficient (Wildman–Crippen LogP) is 4.57. The molecule has 8 heteroatoms. The van der Waals surface area contributed by atoms with E-state index in [1.165, 1.54) is 31.4 Å². The van der Waals surface area contributed by atoms with Crippen molar-refractivity contribution in [3.63, 3.8) is 0 Å². The highest BCUT2D eigenvalue weighted by Gasteiger charge is 2.58. The van der Waals surface area contributed by atoms with Crippen molar-refractivity contribution < 1.29 is 23.1 Å². The lowest BCUT2D eigenvalue weighted by atomic mass is 9.82. The number of fused-ring (bicyclic) bond motifs is 2. The summed E-state index contributed by atoms with van der Waals surface area (Å²) in [6.45, 7) is 0.814. The molecule has 4 heterocycles. The number of rotatable bonds is 3. The number of hydrogen-bond donors (Lipinski definition) is 0. The van der Waals surface area contributed by atoms with Crippen LogP contribution in [0.1, 0.15) is 78.7 Å². The molecule has 2 bridgehead atoms. The molecule has 6 aliphatic rings. The number of benzene rings is 1. The van der Waals surface area contributed by atoms with E-state index in [4.69, 9.17) is 9.72 Å². The molecule has 0 N–H and O–H groups in total. The molecular formula is C28H29F2N3O3. The highest BCUT2D eigenvalue weighted by molar-refractivity contribution is 5.93. The van der Waals surface area contributed by atoms with Crippen molar-refractivity contribution in [1.29, 1.82) is 0 Å². The molecule has 188 valence electrons. The molecule has 8 rings (SSSR count). The van der Waals surface area contributed by atoms with Gasteiger partial charge in [-0.25, -0.2) is 13.8 Å². The van der Waals surface area contributed by atoms with E-state index in [9.17, 15) is 18.4 Å². The maximum absolute atomic E-state index is 13.8. The summed E-state index contributed by atoms with van der Waals surface area (Å²) in [6, 6.07) is 8.80. The molecule has 3 aliphatic carbocycles. The number of carbonyl (C=O) groups excluding carboxylic acids is 2. The Kier molecular flexibility index (Phi) is 5.00. The molecule has 3 aliphatic heterocycles. The standard InChI is InChI=1S/C28H29F2N3O3/c29-19-13-18(14-20(30)15-19)24-4-5-25-33(24)27(35)28(36-25)6-8-32(9-7-28)26(34)23-3-1-2-22(31-23)21-12-16-10-17(21)11-16/h1-3,13-17,21,24-25H,4-12H2/t16?,17?,21?,24-,25+/m0/s1. The molecule has 36 heavy (non-hydrogen) atoms. The van der Waals surface area contributed by atoms with Crippen molar-refractivity contribution in [1.82, 2.24) is 14.8 Å². The highest BCUT2D eigenvalue weighted by atomic mass is 19.1. The minimum absolute atomic E-state index is 0.101. The maximum Gasteiger partial charge on any atom is 0.272 e. The summed E-state index contributed by atoms with van der Waals surface area (Å²) < 4.78 is 34.0. The molecule has 0 radical (unpaired) electrons. The smallest absolute Gasteiger partial charge is 0.272 e. The third-order valence-corrected chi connectivity index (χ3v) is 9.25. The summed E-state index contributed by atoms with van der Waals surface area (Å²) in [7, 11) is 0. The van der Waals surface area contributed by atoms with Crippen LogP contribution in [0.15, 0.2) is 36.4 Å². The van der Waals surface area contributed by atoms with Crippen molar-refractivity contribution in [3.05, 3.63) is 65.0 Å². The first kappa shape index (κ1) is 22.3. The number of likely N-dealkylation sites (tertiary alicyclic amines) is 1. The van der Waals surface area contributed by atoms with E-state index in [2.05, 4.69) is 0 Å². The average molecular weight is 494 g/mol. The number of pyridine rings is 1. The summed E-state index contributed by atoms with van der Waals surface area (Å²) in [5.74, 6) is 0.497. The van der Waals surface area contributed by atoms with Gasteiger partial charge in [-0.1, -0.05) is 6.07 Å². The lowest BCUT2D eigenvalue weighted by Crippen LogP contribution is -2.51. The largest absolute Gasteiger partial charge is 0.342 e. The van der Waals surface area contributed by atoms with Crippen molar-refractivity contribution in [2.24, 2.45) is 11.8 Å². The quantitative estimate of drug-likeness (QED) is 0.629. The Hall–Kier alpha value is -2.87. The van der Waals surface area contributed by atoms with Crippen molar-refractivity contribution in [2.75, 3.05) is 13.1 Å². The monoisotopic (exact) mass is 493 g/mol. The van der Waals surface area contributed by atoms with Gasteiger partial charge in [0, 0.05) is 43.6 Å². The van der Waals surface area contributed by atoms with Gasteiger partial charge < -0.3 is 14.5 Å². The van der Waals surface area contributed by atoms with E-state index >= 15 is 0 Å². The molecule has 6 fully saturated rings. The number of ether oxygens (including phenoxy) is 1. The van der Waals surface area contributed by atoms with Crippen LogP contribution in [0.4, 0.5) is 8.78 Å². The summed E-state index contributed by atoms with van der Waals surface area (Å²) in [6.07, 6.45) is 5.40. The van der Waals surface area contributed by atoms with Crippen LogP contribution in [0.3, 0.4) is 0 Å². The fourth-order valence-corrected chi connectivity index (χ4v) is 7.37. The molecule has 3 saturated carbocycles. The van der Waals surface area contributed by atoms with E-state index < -0.39 is 29.5 Å². The Morgan fingerprint density at radius 3 is 2.47 bits per heavy atom. The summed E-state index contributed by atoms with van der Waals surface area (Å²) in [5.41, 5.74) is 0.989. The zero-order chi connectivity index (χ0) is 24.6. The third kappa shape index (κ3) is 3.40. The van der Waals surface area contributed by atoms with Crippen LogP contribution in [0, 0.1) is 23.5 Å². The average Bonchev–Trinajstić information content (AvgIpc) is 3.61. The SMILES string of the molecule is O=C(c1cccc(C2CC3CC2C3)n1)N1CCC2(CC1)O[C@@H]1CC[C@@H](c3cc(F)cc(F)c3)N1C2=O. The Balaban J connectivity index is 1.05. The van der Waals surface area contributed by atoms with Crippen LogP contribution in [-0.4, -0.2) is 51.5 Å². The van der Waals surface area contributed by atoms with Crippen molar-refractivity contribution >= 4 is 11.8 Å². The summed E-state index contributed by atoms with van der Waals surface area (Å²) >= 11 is 0. The van der Waals surface area contributed by atoms with Gasteiger partial charge in [-0.2, -0.15) is 0 Å². The fourth-order valence-electron chi connectivity index (χ4n) is 7.37. The molecule has 1 unspecified atom stereocenters. The number of piperidine rings is 1. The summed E-state index contributed by atoms with van der Waals surface area (Å²) in [4.78, 5) is 35.1. The first-order valence-corrected chi connectivity index (χ1v) is 13.1. The molecule has 1 spiro atoms. The Bertz CT molecular complexity index is 1220. The van der Waals surface area contributed by atoms with E-state index in [1.807, 2.05) is 12.1 Å². The molecule has 1 aromatic carbocycles. The zero-order valence-electron chi connectivity index (χ0n) is 20.0. The Morgan fingerprint density at radius 1 is 1.03 bits per heavy atom. The lowest BCUT2D eigenvalue weighted by molar-refractivity contribution is -0.142. The van der Waals surface area contributed by atoms with Crippen LogP contribution in [0.5, 0.6) is 0 Å². The van der Waals surface area contributed by atoms with Crippen molar-refractivity contribution in [2.45, 2.75) is 68.7 Å². The molecule has 6 nitrogen and oxygen atoms in total. The second kappa shape index (κ2) is 8.07. The molecule has 1 aromatic heterocycles. The van der Waals surface area contributed by atoms with Gasteiger partial charge in [-0.15, -0.1) is 0 Å². The van der Waals surface area contributed by atoms with E-state index in [0.717, 1.165) is 23.6 Å². The van der Waals surface area contributed by atoms with Crippen LogP contribution in [0.25, 0.3) is 0 Å². The third-order valence-electron chi connectivity index (χ3n) is 9.25. The topological polar surface area (TPSA) is 62.7 Å². The Morgan fingerprint density at radius 2 is 1.78 bits per heavy atom. The van der Waals surface area contributed by atoms with Crippen LogP contribution >= 0.6 is 0 Å². The normalized spacial score (nSPS) is 32.2. The fraction of sp³-hybridized carbons (Fsp3) is 0.536. The number of carbonyl (C=O) groups is 2. The van der Waals surface area contributed by atoms with Crippen LogP contribution in [0.2, 0.25) is 0 Å². The zero-order valence-corrected chi connectivity index (χ0v) is 20.0. The minimum Gasteiger partial charge on any atom is -0.342 e. The predicted molar refractivity (Wildman–Crippen MR) is 126 cm³/mol. The van der Waals surface area contributed by atoms with Gasteiger partial charge in [-0.3, -0.25) is 9.59 Å². The van der Waals surface area contributed by atoms with Gasteiger partial charge in [-0.05, 0) is 73.8 Å². The van der Waals surface area contributed by atoms with Crippen LogP contribution in [-0.2, 0) is 9.53 Å². The molecule has 2 aromatic rings. The van der Waals surface area contributed by atoms with Crippen LogP contribution < -0.4 is 0 Å². The van der Waals surface area contributed by atoms with Crippen molar-refractivity contribution in [3.8, 4) is 0 Å². The first-order valence-electron chi connectivity index (χ1n) is 13.1. The van der Waals surface area contributed by atoms with E-state index in [-0.39, 0.29) is 11.8 Å². The van der Waals surface area contributed by atoms with Gasteiger partial charge in [0.25, 0.3) is 11.8 Å². The number of aromatic nitrogens is 1. The van der Waals surface area contributed by atoms with Gasteiger partial charge in [0.15, 0.2) is 5.60 Å². The lowest BCUT2D eigenvalue weighted by Gasteiger charge is -2.37. The second-order valence-electron chi connectivity index (χ2n) is 11.3. The van der Waals surface area contributed by atoms with E-state index in [1.54, 1.807) is 15.9 Å². The molecule has 3 saturated heterocycles. The van der Waals surface area contributed by atoms with Gasteiger partial charge in [0.05, 0.1) is 6.04 Å². The molecular weight excluding hydrogens is 464 g/mol. The molecule has 2 amide bonds. The Labute approximate surface area is 208 Å². The van der Waals surface area contributed by atoms with Gasteiger partial charge >= 0.3 is 0 Å². The summed E-state index contributed by atoms with van der Waals surface area (Å²) in [5, 5.41) is 0. The second-order valence-corrected chi connectivity index (χ2v) is 11.3. The number of amides is 2. The van der Waals surface area contributed by atoms with Gasteiger partial charge in [0.2, 0.25) is 0 Å². The first-order chi connectivity index (χ1) is 17.4.